The Morgan fingerprint density at radius 3 is 2.04 bits per heavy atom. The highest BCUT2D eigenvalue weighted by Gasteiger charge is 2.36. The van der Waals surface area contributed by atoms with Gasteiger partial charge >= 0.3 is 5.97 Å². The number of rotatable bonds is 6. The number of hydrogen-bond donors (Lipinski definition) is 0. The van der Waals surface area contributed by atoms with E-state index in [1.807, 2.05) is 30.3 Å². The SMILES string of the molecule is COC(=O)C(OC1C[C@@H](C(C)C)O[C@@H](C(C)C)C1)c1ccccc1. The molecule has 24 heavy (non-hydrogen) atoms. The van der Waals surface area contributed by atoms with Crippen LogP contribution in [0.25, 0.3) is 0 Å². The zero-order chi connectivity index (χ0) is 17.7. The Labute approximate surface area is 145 Å². The lowest BCUT2D eigenvalue weighted by molar-refractivity contribution is -0.178. The maximum Gasteiger partial charge on any atom is 0.339 e. The first kappa shape index (κ1) is 18.9. The van der Waals surface area contributed by atoms with Gasteiger partial charge in [-0.25, -0.2) is 4.79 Å². The van der Waals surface area contributed by atoms with E-state index in [0.717, 1.165) is 18.4 Å². The molecule has 1 aliphatic heterocycles. The van der Waals surface area contributed by atoms with Crippen molar-refractivity contribution in [1.29, 1.82) is 0 Å². The molecule has 2 unspecified atom stereocenters. The van der Waals surface area contributed by atoms with E-state index >= 15 is 0 Å². The van der Waals surface area contributed by atoms with Gasteiger partial charge in [0.05, 0.1) is 25.4 Å². The molecule has 1 aromatic carbocycles. The van der Waals surface area contributed by atoms with Crippen LogP contribution in [0.4, 0.5) is 0 Å². The van der Waals surface area contributed by atoms with Crippen LogP contribution >= 0.6 is 0 Å². The highest BCUT2D eigenvalue weighted by atomic mass is 16.6. The minimum Gasteiger partial charge on any atom is -0.467 e. The lowest BCUT2D eigenvalue weighted by Gasteiger charge is -2.39. The number of hydrogen-bond acceptors (Lipinski definition) is 4. The molecule has 0 saturated carbocycles. The van der Waals surface area contributed by atoms with Crippen LogP contribution in [-0.4, -0.2) is 31.4 Å². The van der Waals surface area contributed by atoms with E-state index in [0.29, 0.717) is 11.8 Å². The van der Waals surface area contributed by atoms with Crippen molar-refractivity contribution in [3.63, 3.8) is 0 Å². The summed E-state index contributed by atoms with van der Waals surface area (Å²) in [5.41, 5.74) is 0.832. The molecule has 0 N–H and O–H groups in total. The van der Waals surface area contributed by atoms with Gasteiger partial charge in [0.2, 0.25) is 0 Å². The quantitative estimate of drug-likeness (QED) is 0.733. The molecule has 0 radical (unpaired) electrons. The summed E-state index contributed by atoms with van der Waals surface area (Å²) in [6.45, 7) is 8.66. The fourth-order valence-corrected chi connectivity index (χ4v) is 3.12. The Morgan fingerprint density at radius 1 is 1.04 bits per heavy atom. The zero-order valence-electron chi connectivity index (χ0n) is 15.4. The third-order valence-corrected chi connectivity index (χ3v) is 4.67. The third kappa shape index (κ3) is 4.81. The molecule has 0 bridgehead atoms. The first-order valence-electron chi connectivity index (χ1n) is 8.86. The van der Waals surface area contributed by atoms with Crippen molar-refractivity contribution in [3.05, 3.63) is 35.9 Å². The summed E-state index contributed by atoms with van der Waals surface area (Å²) in [4.78, 5) is 12.2. The fourth-order valence-electron chi connectivity index (χ4n) is 3.12. The van der Waals surface area contributed by atoms with Crippen LogP contribution in [0.15, 0.2) is 30.3 Å². The van der Waals surface area contributed by atoms with Crippen LogP contribution < -0.4 is 0 Å². The number of carbonyl (C=O) groups is 1. The Bertz CT molecular complexity index is 496. The second-order valence-electron chi connectivity index (χ2n) is 7.24. The standard InChI is InChI=1S/C20H30O4/c1-13(2)17-11-16(12-18(24-17)14(3)4)23-19(20(21)22-5)15-9-7-6-8-10-15/h6-10,13-14,16-19H,11-12H2,1-5H3/t16?,17-,18+,19?. The maximum atomic E-state index is 12.2. The predicted octanol–water partition coefficient (Wildman–Crippen LogP) is 4.15. The molecule has 4 atom stereocenters. The van der Waals surface area contributed by atoms with Gasteiger partial charge in [0.25, 0.3) is 0 Å². The number of benzene rings is 1. The lowest BCUT2D eigenvalue weighted by atomic mass is 9.90. The summed E-state index contributed by atoms with van der Waals surface area (Å²) >= 11 is 0. The minimum atomic E-state index is -0.681. The highest BCUT2D eigenvalue weighted by molar-refractivity contribution is 5.76. The summed E-state index contributed by atoms with van der Waals surface area (Å²) in [5, 5.41) is 0. The Hall–Kier alpha value is -1.39. The summed E-state index contributed by atoms with van der Waals surface area (Å²) in [6.07, 6.45) is 1.24. The molecule has 1 aliphatic rings. The van der Waals surface area contributed by atoms with Gasteiger partial charge in [-0.3, -0.25) is 0 Å². The average Bonchev–Trinajstić information content (AvgIpc) is 2.59. The van der Waals surface area contributed by atoms with E-state index in [2.05, 4.69) is 27.7 Å². The average molecular weight is 334 g/mol. The van der Waals surface area contributed by atoms with Gasteiger partial charge in [-0.1, -0.05) is 58.0 Å². The molecule has 1 heterocycles. The van der Waals surface area contributed by atoms with Gasteiger partial charge in [-0.15, -0.1) is 0 Å². The molecule has 0 amide bonds. The number of esters is 1. The molecule has 0 spiro atoms. The molecule has 4 nitrogen and oxygen atoms in total. The molecule has 0 aromatic heterocycles. The predicted molar refractivity (Wildman–Crippen MR) is 93.6 cm³/mol. The Kier molecular flexibility index (Phi) is 6.81. The molecular formula is C20H30O4. The second kappa shape index (κ2) is 8.63. The molecule has 1 saturated heterocycles. The molecule has 2 rings (SSSR count). The van der Waals surface area contributed by atoms with E-state index in [1.165, 1.54) is 7.11 Å². The summed E-state index contributed by atoms with van der Waals surface area (Å²) < 4.78 is 17.4. The van der Waals surface area contributed by atoms with Crippen molar-refractivity contribution in [3.8, 4) is 0 Å². The summed E-state index contributed by atoms with van der Waals surface area (Å²) in [6, 6.07) is 9.55. The Balaban J connectivity index is 2.16. The van der Waals surface area contributed by atoms with Crippen LogP contribution in [0, 0.1) is 11.8 Å². The van der Waals surface area contributed by atoms with Gasteiger partial charge in [0, 0.05) is 12.8 Å². The van der Waals surface area contributed by atoms with Crippen molar-refractivity contribution < 1.29 is 19.0 Å². The van der Waals surface area contributed by atoms with Gasteiger partial charge in [0.15, 0.2) is 6.10 Å². The van der Waals surface area contributed by atoms with Gasteiger partial charge < -0.3 is 14.2 Å². The van der Waals surface area contributed by atoms with Crippen LogP contribution in [-0.2, 0) is 19.0 Å². The van der Waals surface area contributed by atoms with E-state index in [9.17, 15) is 4.79 Å². The molecule has 134 valence electrons. The van der Waals surface area contributed by atoms with Crippen LogP contribution in [0.1, 0.15) is 52.2 Å². The smallest absolute Gasteiger partial charge is 0.339 e. The molecule has 1 fully saturated rings. The third-order valence-electron chi connectivity index (χ3n) is 4.67. The van der Waals surface area contributed by atoms with Crippen LogP contribution in [0.2, 0.25) is 0 Å². The van der Waals surface area contributed by atoms with Crippen molar-refractivity contribution >= 4 is 5.97 Å². The van der Waals surface area contributed by atoms with Crippen molar-refractivity contribution in [2.75, 3.05) is 7.11 Å². The topological polar surface area (TPSA) is 44.8 Å². The summed E-state index contributed by atoms with van der Waals surface area (Å²) in [5.74, 6) is 0.492. The van der Waals surface area contributed by atoms with E-state index in [-0.39, 0.29) is 24.3 Å². The number of ether oxygens (including phenoxy) is 3. The maximum absolute atomic E-state index is 12.2. The van der Waals surface area contributed by atoms with Crippen LogP contribution in [0.3, 0.4) is 0 Å². The monoisotopic (exact) mass is 334 g/mol. The van der Waals surface area contributed by atoms with Gasteiger partial charge in [-0.2, -0.15) is 0 Å². The normalized spacial score (nSPS) is 25.7. The van der Waals surface area contributed by atoms with E-state index in [4.69, 9.17) is 14.2 Å². The number of carbonyl (C=O) groups excluding carboxylic acids is 1. The van der Waals surface area contributed by atoms with Crippen LogP contribution in [0.5, 0.6) is 0 Å². The van der Waals surface area contributed by atoms with E-state index in [1.54, 1.807) is 0 Å². The first-order valence-corrected chi connectivity index (χ1v) is 8.86. The minimum absolute atomic E-state index is 0.0112. The molecular weight excluding hydrogens is 304 g/mol. The second-order valence-corrected chi connectivity index (χ2v) is 7.24. The van der Waals surface area contributed by atoms with Crippen molar-refractivity contribution in [2.24, 2.45) is 11.8 Å². The highest BCUT2D eigenvalue weighted by Crippen LogP contribution is 2.33. The van der Waals surface area contributed by atoms with Crippen molar-refractivity contribution in [2.45, 2.75) is 65.0 Å². The zero-order valence-corrected chi connectivity index (χ0v) is 15.4. The fraction of sp³-hybridized carbons (Fsp3) is 0.650. The number of methoxy groups -OCH3 is 1. The lowest BCUT2D eigenvalue weighted by Crippen LogP contribution is -2.42. The summed E-state index contributed by atoms with van der Waals surface area (Å²) in [7, 11) is 1.40. The largest absolute Gasteiger partial charge is 0.467 e. The van der Waals surface area contributed by atoms with E-state index < -0.39 is 6.10 Å². The van der Waals surface area contributed by atoms with Gasteiger partial charge in [-0.05, 0) is 17.4 Å². The first-order chi connectivity index (χ1) is 11.4. The van der Waals surface area contributed by atoms with Gasteiger partial charge in [0.1, 0.15) is 0 Å². The Morgan fingerprint density at radius 2 is 1.58 bits per heavy atom. The molecule has 0 aliphatic carbocycles. The van der Waals surface area contributed by atoms with Crippen molar-refractivity contribution in [1.82, 2.24) is 0 Å². The molecule has 1 aromatic rings. The molecule has 4 heteroatoms.